The van der Waals surface area contributed by atoms with Crippen LogP contribution in [0.2, 0.25) is 0 Å². The normalized spacial score (nSPS) is 11.9. The predicted octanol–water partition coefficient (Wildman–Crippen LogP) is 3.23. The van der Waals surface area contributed by atoms with Crippen molar-refractivity contribution in [1.82, 2.24) is 14.8 Å². The second-order valence-electron chi connectivity index (χ2n) is 5.61. The van der Waals surface area contributed by atoms with Crippen molar-refractivity contribution in [3.63, 3.8) is 0 Å². The third-order valence-corrected chi connectivity index (χ3v) is 3.89. The highest BCUT2D eigenvalue weighted by molar-refractivity contribution is 9.10. The van der Waals surface area contributed by atoms with E-state index >= 15 is 0 Å². The number of rotatable bonds is 2. The van der Waals surface area contributed by atoms with Crippen molar-refractivity contribution in [3.05, 3.63) is 34.1 Å². The summed E-state index contributed by atoms with van der Waals surface area (Å²) in [7, 11) is 0. The summed E-state index contributed by atoms with van der Waals surface area (Å²) in [4.78, 5) is 0. The lowest BCUT2D eigenvalue weighted by Crippen LogP contribution is -2.26. The van der Waals surface area contributed by atoms with E-state index in [0.29, 0.717) is 6.54 Å². The first kappa shape index (κ1) is 14.2. The molecule has 2 rings (SSSR count). The molecule has 0 saturated carbocycles. The number of aryl methyl sites for hydroxylation is 1. The van der Waals surface area contributed by atoms with Gasteiger partial charge in [-0.25, -0.2) is 0 Å². The number of nitrogens with zero attached hydrogens (tertiary/aromatic N) is 3. The highest BCUT2D eigenvalue weighted by Gasteiger charge is 2.23. The first-order valence-electron chi connectivity index (χ1n) is 6.26. The minimum Gasteiger partial charge on any atom is -0.324 e. The van der Waals surface area contributed by atoms with Crippen LogP contribution in [0.1, 0.15) is 32.2 Å². The van der Waals surface area contributed by atoms with E-state index in [1.54, 1.807) is 0 Å². The van der Waals surface area contributed by atoms with Gasteiger partial charge in [-0.15, -0.1) is 10.2 Å². The predicted molar refractivity (Wildman–Crippen MR) is 80.8 cm³/mol. The molecule has 2 aromatic rings. The van der Waals surface area contributed by atoms with Crippen LogP contribution in [0.15, 0.2) is 22.7 Å². The molecule has 2 N–H and O–H groups in total. The Morgan fingerprint density at radius 2 is 1.95 bits per heavy atom. The number of hydrogen-bond acceptors (Lipinski definition) is 3. The van der Waals surface area contributed by atoms with Crippen molar-refractivity contribution in [2.75, 3.05) is 0 Å². The maximum absolute atomic E-state index is 5.76. The average molecular weight is 323 g/mol. The largest absolute Gasteiger partial charge is 0.324 e. The van der Waals surface area contributed by atoms with Crippen molar-refractivity contribution >= 4 is 15.9 Å². The zero-order valence-electron chi connectivity index (χ0n) is 11.7. The number of aromatic nitrogens is 3. The molecule has 4 nitrogen and oxygen atoms in total. The summed E-state index contributed by atoms with van der Waals surface area (Å²) in [6, 6.07) is 6.19. The maximum atomic E-state index is 5.76. The van der Waals surface area contributed by atoms with Crippen molar-refractivity contribution in [2.45, 2.75) is 39.8 Å². The Bertz CT molecular complexity index is 596. The molecule has 1 heterocycles. The van der Waals surface area contributed by atoms with E-state index in [1.165, 1.54) is 5.56 Å². The quantitative estimate of drug-likeness (QED) is 0.923. The maximum Gasteiger partial charge on any atom is 0.164 e. The van der Waals surface area contributed by atoms with Gasteiger partial charge in [0.25, 0.3) is 0 Å². The molecule has 1 aromatic carbocycles. The molecule has 5 heteroatoms. The van der Waals surface area contributed by atoms with E-state index in [4.69, 9.17) is 5.73 Å². The molecule has 19 heavy (non-hydrogen) atoms. The van der Waals surface area contributed by atoms with Crippen LogP contribution in [0.5, 0.6) is 0 Å². The molecular formula is C14H19BrN4. The van der Waals surface area contributed by atoms with Crippen LogP contribution in [0.25, 0.3) is 11.4 Å². The van der Waals surface area contributed by atoms with E-state index in [-0.39, 0.29) is 5.54 Å². The second kappa shape index (κ2) is 5.06. The fourth-order valence-electron chi connectivity index (χ4n) is 2.12. The van der Waals surface area contributed by atoms with Gasteiger partial charge in [0.15, 0.2) is 5.82 Å². The first-order valence-corrected chi connectivity index (χ1v) is 7.05. The fraction of sp³-hybridized carbons (Fsp3) is 0.429. The molecule has 0 bridgehead atoms. The lowest BCUT2D eigenvalue weighted by Gasteiger charge is -2.24. The van der Waals surface area contributed by atoms with Gasteiger partial charge in [0, 0.05) is 15.6 Å². The highest BCUT2D eigenvalue weighted by Crippen LogP contribution is 2.28. The topological polar surface area (TPSA) is 56.7 Å². The minimum atomic E-state index is -0.103. The van der Waals surface area contributed by atoms with Crippen molar-refractivity contribution in [1.29, 1.82) is 0 Å². The van der Waals surface area contributed by atoms with Crippen LogP contribution in [0, 0.1) is 6.92 Å². The van der Waals surface area contributed by atoms with E-state index in [9.17, 15) is 0 Å². The number of nitrogens with two attached hydrogens (primary N) is 1. The molecule has 0 aliphatic carbocycles. The second-order valence-corrected chi connectivity index (χ2v) is 6.47. The van der Waals surface area contributed by atoms with Crippen LogP contribution >= 0.6 is 15.9 Å². The molecule has 0 spiro atoms. The van der Waals surface area contributed by atoms with Crippen molar-refractivity contribution < 1.29 is 0 Å². The smallest absolute Gasteiger partial charge is 0.164 e. The molecule has 0 fully saturated rings. The van der Waals surface area contributed by atoms with Crippen LogP contribution in [0.4, 0.5) is 0 Å². The molecule has 0 radical (unpaired) electrons. The molecule has 0 amide bonds. The Labute approximate surface area is 122 Å². The molecule has 102 valence electrons. The molecule has 0 unspecified atom stereocenters. The van der Waals surface area contributed by atoms with E-state index in [1.807, 2.05) is 12.1 Å². The summed E-state index contributed by atoms with van der Waals surface area (Å²) in [5.74, 6) is 1.67. The van der Waals surface area contributed by atoms with Gasteiger partial charge in [-0.05, 0) is 45.4 Å². The molecular weight excluding hydrogens is 304 g/mol. The SMILES string of the molecule is Cc1cc(-c2nnc(CN)n2C(C)(C)C)ccc1Br. The van der Waals surface area contributed by atoms with Gasteiger partial charge >= 0.3 is 0 Å². The lowest BCUT2D eigenvalue weighted by atomic mass is 10.1. The van der Waals surface area contributed by atoms with Gasteiger partial charge in [-0.3, -0.25) is 0 Å². The summed E-state index contributed by atoms with van der Waals surface area (Å²) in [6.45, 7) is 8.84. The number of benzene rings is 1. The van der Waals surface area contributed by atoms with Gasteiger partial charge in [-0.1, -0.05) is 22.0 Å². The number of hydrogen-bond donors (Lipinski definition) is 1. The highest BCUT2D eigenvalue weighted by atomic mass is 79.9. The van der Waals surface area contributed by atoms with Crippen LogP contribution in [-0.4, -0.2) is 14.8 Å². The first-order chi connectivity index (χ1) is 8.84. The summed E-state index contributed by atoms with van der Waals surface area (Å²) < 4.78 is 3.20. The Morgan fingerprint density at radius 1 is 1.26 bits per heavy atom. The van der Waals surface area contributed by atoms with Crippen LogP contribution < -0.4 is 5.73 Å². The van der Waals surface area contributed by atoms with Gasteiger partial charge in [0.1, 0.15) is 5.82 Å². The summed E-state index contributed by atoms with van der Waals surface area (Å²) in [6.07, 6.45) is 0. The molecule has 0 atom stereocenters. The van der Waals surface area contributed by atoms with Crippen molar-refractivity contribution in [2.24, 2.45) is 5.73 Å². The van der Waals surface area contributed by atoms with Gasteiger partial charge < -0.3 is 10.3 Å². The third kappa shape index (κ3) is 2.72. The zero-order valence-corrected chi connectivity index (χ0v) is 13.3. The third-order valence-electron chi connectivity index (χ3n) is 3.00. The summed E-state index contributed by atoms with van der Waals surface area (Å²) in [5.41, 5.74) is 7.89. The average Bonchev–Trinajstić information content (AvgIpc) is 2.76. The van der Waals surface area contributed by atoms with E-state index < -0.39 is 0 Å². The minimum absolute atomic E-state index is 0.103. The monoisotopic (exact) mass is 322 g/mol. The fourth-order valence-corrected chi connectivity index (χ4v) is 2.37. The van der Waals surface area contributed by atoms with Crippen molar-refractivity contribution in [3.8, 4) is 11.4 Å². The molecule has 0 aliphatic heterocycles. The Balaban J connectivity index is 2.62. The van der Waals surface area contributed by atoms with E-state index in [2.05, 4.69) is 64.5 Å². The summed E-state index contributed by atoms with van der Waals surface area (Å²) >= 11 is 3.52. The van der Waals surface area contributed by atoms with Gasteiger partial charge in [-0.2, -0.15) is 0 Å². The van der Waals surface area contributed by atoms with Gasteiger partial charge in [0.05, 0.1) is 6.54 Å². The zero-order chi connectivity index (χ0) is 14.2. The molecule has 0 saturated heterocycles. The Hall–Kier alpha value is -1.20. The van der Waals surface area contributed by atoms with Crippen LogP contribution in [-0.2, 0) is 12.1 Å². The number of halogens is 1. The van der Waals surface area contributed by atoms with E-state index in [0.717, 1.165) is 21.7 Å². The van der Waals surface area contributed by atoms with Gasteiger partial charge in [0.2, 0.25) is 0 Å². The summed E-state index contributed by atoms with van der Waals surface area (Å²) in [5, 5.41) is 8.52. The Kier molecular flexibility index (Phi) is 3.78. The molecule has 1 aromatic heterocycles. The Morgan fingerprint density at radius 3 is 2.47 bits per heavy atom. The lowest BCUT2D eigenvalue weighted by molar-refractivity contribution is 0.386. The molecule has 0 aliphatic rings. The van der Waals surface area contributed by atoms with Crippen LogP contribution in [0.3, 0.4) is 0 Å². The standard InChI is InChI=1S/C14H19BrN4/c1-9-7-10(5-6-11(9)15)13-18-17-12(8-16)19(13)14(2,3)4/h5-7H,8,16H2,1-4H3.